The first kappa shape index (κ1) is 18.3. The number of alkyl halides is 2. The normalized spacial score (nSPS) is 23.5. The second-order valence-electron chi connectivity index (χ2n) is 5.70. The number of para-hydroxylation sites is 1. The van der Waals surface area contributed by atoms with Crippen molar-refractivity contribution in [2.75, 3.05) is 7.11 Å². The molecule has 6 nitrogen and oxygen atoms in total. The molecule has 3 atom stereocenters. The molecule has 0 radical (unpaired) electrons. The van der Waals surface area contributed by atoms with Crippen LogP contribution in [-0.4, -0.2) is 48.1 Å². The van der Waals surface area contributed by atoms with E-state index in [1.807, 2.05) is 0 Å². The van der Waals surface area contributed by atoms with Crippen LogP contribution < -0.4 is 10.5 Å². The number of ether oxygens (including phenoxy) is 2. The van der Waals surface area contributed by atoms with Gasteiger partial charge in [0.1, 0.15) is 5.75 Å². The summed E-state index contributed by atoms with van der Waals surface area (Å²) in [6, 6.07) is 5.43. The number of hydrogen-bond donors (Lipinski definition) is 2. The number of rotatable bonds is 5. The standard InChI is InChI=1S/C11H11F2NO4.C5H8O/c1-18-7-5-3-2-4-6(7)8(15)11(14,9(12)13)10(16)17;1-2-5-3-4(1)6-5/h2-5,9H,14H2,1H3,(H,16,17);4-5H,1-3H2. The van der Waals surface area contributed by atoms with Gasteiger partial charge in [0.2, 0.25) is 11.3 Å². The van der Waals surface area contributed by atoms with E-state index in [4.69, 9.17) is 20.3 Å². The molecule has 1 aromatic rings. The Balaban J connectivity index is 0.000000282. The minimum atomic E-state index is -3.53. The molecule has 8 heteroatoms. The number of ketones is 1. The molecule has 2 heterocycles. The fourth-order valence-corrected chi connectivity index (χ4v) is 2.64. The van der Waals surface area contributed by atoms with Crippen molar-refractivity contribution >= 4 is 11.8 Å². The van der Waals surface area contributed by atoms with Crippen LogP contribution in [0.5, 0.6) is 5.75 Å². The van der Waals surface area contributed by atoms with Gasteiger partial charge in [-0.2, -0.15) is 0 Å². The first-order valence-electron chi connectivity index (χ1n) is 7.44. The van der Waals surface area contributed by atoms with Crippen molar-refractivity contribution in [3.05, 3.63) is 29.8 Å². The number of nitrogens with two attached hydrogens (primary N) is 1. The largest absolute Gasteiger partial charge is 0.496 e. The number of carboxylic acid groups (broad SMARTS) is 1. The summed E-state index contributed by atoms with van der Waals surface area (Å²) in [5.41, 5.74) is 1.44. The number of carboxylic acids is 1. The molecule has 0 spiro atoms. The van der Waals surface area contributed by atoms with Crippen molar-refractivity contribution < 1.29 is 33.0 Å². The van der Waals surface area contributed by atoms with Gasteiger partial charge in [-0.15, -0.1) is 0 Å². The molecular weight excluding hydrogens is 324 g/mol. The average Bonchev–Trinajstić information content (AvgIpc) is 3.18. The lowest BCUT2D eigenvalue weighted by Crippen LogP contribution is -2.60. The predicted molar refractivity (Wildman–Crippen MR) is 80.4 cm³/mol. The zero-order chi connectivity index (χ0) is 17.9. The zero-order valence-electron chi connectivity index (χ0n) is 13.1. The van der Waals surface area contributed by atoms with E-state index in [2.05, 4.69) is 0 Å². The highest BCUT2D eigenvalue weighted by atomic mass is 19.3. The van der Waals surface area contributed by atoms with Crippen molar-refractivity contribution in [1.82, 2.24) is 0 Å². The Bertz CT molecular complexity index is 605. The van der Waals surface area contributed by atoms with E-state index >= 15 is 0 Å². The quantitative estimate of drug-likeness (QED) is 0.625. The van der Waals surface area contributed by atoms with E-state index in [1.54, 1.807) is 0 Å². The van der Waals surface area contributed by atoms with Crippen molar-refractivity contribution in [2.24, 2.45) is 5.73 Å². The summed E-state index contributed by atoms with van der Waals surface area (Å²) >= 11 is 0. The molecule has 2 saturated heterocycles. The fourth-order valence-electron chi connectivity index (χ4n) is 2.64. The van der Waals surface area contributed by atoms with Gasteiger partial charge in [-0.25, -0.2) is 13.6 Å². The van der Waals surface area contributed by atoms with E-state index in [0.29, 0.717) is 12.2 Å². The summed E-state index contributed by atoms with van der Waals surface area (Å²) in [5.74, 6) is -3.50. The van der Waals surface area contributed by atoms with Crippen LogP contribution in [0.3, 0.4) is 0 Å². The van der Waals surface area contributed by atoms with Gasteiger partial charge in [-0.05, 0) is 31.4 Å². The third-order valence-electron chi connectivity index (χ3n) is 4.15. The maximum atomic E-state index is 12.7. The molecule has 2 bridgehead atoms. The Morgan fingerprint density at radius 2 is 1.88 bits per heavy atom. The minimum Gasteiger partial charge on any atom is -0.496 e. The van der Waals surface area contributed by atoms with Crippen LogP contribution >= 0.6 is 0 Å². The molecule has 0 amide bonds. The summed E-state index contributed by atoms with van der Waals surface area (Å²) in [4.78, 5) is 22.7. The number of Topliss-reactive ketones (excluding diaryl/α,β-unsaturated/α-hetero) is 1. The highest BCUT2D eigenvalue weighted by Gasteiger charge is 2.52. The lowest BCUT2D eigenvalue weighted by molar-refractivity contribution is -0.146. The molecule has 3 aliphatic rings. The number of methoxy groups -OCH3 is 1. The second-order valence-corrected chi connectivity index (χ2v) is 5.70. The lowest BCUT2D eigenvalue weighted by atomic mass is 9.90. The van der Waals surface area contributed by atoms with Gasteiger partial charge in [0.05, 0.1) is 24.9 Å². The topological polar surface area (TPSA) is 98.9 Å². The molecule has 3 N–H and O–H groups in total. The Hall–Kier alpha value is -2.06. The van der Waals surface area contributed by atoms with E-state index in [-0.39, 0.29) is 11.3 Å². The Morgan fingerprint density at radius 3 is 2.25 bits per heavy atom. The van der Waals surface area contributed by atoms with Gasteiger partial charge in [-0.1, -0.05) is 12.1 Å². The Labute approximate surface area is 137 Å². The van der Waals surface area contributed by atoms with Gasteiger partial charge in [0.25, 0.3) is 6.43 Å². The molecule has 3 unspecified atom stereocenters. The number of aliphatic carboxylic acids is 1. The average molecular weight is 343 g/mol. The van der Waals surface area contributed by atoms with Crippen LogP contribution in [0.1, 0.15) is 29.6 Å². The van der Waals surface area contributed by atoms with Crippen molar-refractivity contribution in [1.29, 1.82) is 0 Å². The fraction of sp³-hybridized carbons (Fsp3) is 0.500. The Kier molecular flexibility index (Phi) is 5.51. The smallest absolute Gasteiger partial charge is 0.337 e. The number of benzene rings is 1. The SMILES string of the molecule is C1CC2CC1O2.COc1ccccc1C(=O)C(N)(C(=O)O)C(F)F. The number of carbonyl (C=O) groups excluding carboxylic acids is 1. The first-order chi connectivity index (χ1) is 11.3. The Morgan fingerprint density at radius 1 is 1.33 bits per heavy atom. The van der Waals surface area contributed by atoms with Gasteiger partial charge in [-0.3, -0.25) is 4.79 Å². The van der Waals surface area contributed by atoms with Crippen LogP contribution in [0.2, 0.25) is 0 Å². The molecule has 1 aromatic carbocycles. The highest BCUT2D eigenvalue weighted by molar-refractivity contribution is 6.17. The van der Waals surface area contributed by atoms with Crippen molar-refractivity contribution in [2.45, 2.75) is 43.4 Å². The van der Waals surface area contributed by atoms with Crippen LogP contribution in [-0.2, 0) is 9.53 Å². The van der Waals surface area contributed by atoms with E-state index < -0.39 is 23.7 Å². The molecule has 4 rings (SSSR count). The molecule has 132 valence electrons. The molecule has 2 aliphatic heterocycles. The third kappa shape index (κ3) is 3.39. The van der Waals surface area contributed by atoms with Gasteiger partial charge < -0.3 is 20.3 Å². The summed E-state index contributed by atoms with van der Waals surface area (Å²) < 4.78 is 35.5. The minimum absolute atomic E-state index is 0.0146. The molecule has 1 aliphatic carbocycles. The second kappa shape index (κ2) is 7.23. The number of hydrogen-bond acceptors (Lipinski definition) is 5. The molecule has 3 fully saturated rings. The third-order valence-corrected chi connectivity index (χ3v) is 4.15. The molecular formula is C16H19F2NO5. The monoisotopic (exact) mass is 343 g/mol. The van der Waals surface area contributed by atoms with Crippen molar-refractivity contribution in [3.63, 3.8) is 0 Å². The van der Waals surface area contributed by atoms with Crippen LogP contribution in [0, 0.1) is 0 Å². The van der Waals surface area contributed by atoms with Crippen molar-refractivity contribution in [3.8, 4) is 5.75 Å². The predicted octanol–water partition coefficient (Wildman–Crippen LogP) is 1.86. The van der Waals surface area contributed by atoms with Gasteiger partial charge in [0, 0.05) is 0 Å². The summed E-state index contributed by atoms with van der Waals surface area (Å²) in [6.45, 7) is 0. The molecule has 1 saturated carbocycles. The number of halogens is 2. The molecule has 24 heavy (non-hydrogen) atoms. The van der Waals surface area contributed by atoms with E-state index in [0.717, 1.165) is 0 Å². The number of carbonyl (C=O) groups is 2. The van der Waals surface area contributed by atoms with Gasteiger partial charge in [0.15, 0.2) is 0 Å². The van der Waals surface area contributed by atoms with Crippen LogP contribution in [0.4, 0.5) is 8.78 Å². The van der Waals surface area contributed by atoms with Gasteiger partial charge >= 0.3 is 5.97 Å². The zero-order valence-corrected chi connectivity index (χ0v) is 13.1. The first-order valence-corrected chi connectivity index (χ1v) is 7.44. The van der Waals surface area contributed by atoms with E-state index in [1.165, 1.54) is 50.6 Å². The lowest BCUT2D eigenvalue weighted by Gasteiger charge is -2.23. The van der Waals surface area contributed by atoms with Crippen LogP contribution in [0.25, 0.3) is 0 Å². The maximum absolute atomic E-state index is 12.7. The summed E-state index contributed by atoms with van der Waals surface area (Å²) in [6.07, 6.45) is 1.88. The maximum Gasteiger partial charge on any atom is 0.337 e. The summed E-state index contributed by atoms with van der Waals surface area (Å²) in [5, 5.41) is 8.73. The van der Waals surface area contributed by atoms with Crippen LogP contribution in [0.15, 0.2) is 24.3 Å². The summed E-state index contributed by atoms with van der Waals surface area (Å²) in [7, 11) is 1.23. The van der Waals surface area contributed by atoms with E-state index in [9.17, 15) is 18.4 Å². The highest BCUT2D eigenvalue weighted by Crippen LogP contribution is 2.36. The molecule has 0 aromatic heterocycles. The number of fused-ring (bicyclic) bond motifs is 1.